The molecule has 0 aromatic heterocycles. The van der Waals surface area contributed by atoms with E-state index in [1.54, 1.807) is 0 Å². The van der Waals surface area contributed by atoms with Crippen LogP contribution in [0.25, 0.3) is 0 Å². The molecule has 3 heteroatoms. The first kappa shape index (κ1) is 25.2. The molecule has 0 N–H and O–H groups in total. The lowest BCUT2D eigenvalue weighted by atomic mass is 10.1. The molecule has 0 heterocycles. The van der Waals surface area contributed by atoms with Crippen LogP contribution in [0, 0.1) is 0 Å². The molecule has 0 aromatic carbocycles. The average Bonchev–Trinajstić information content (AvgIpc) is 2.64. The summed E-state index contributed by atoms with van der Waals surface area (Å²) in [5.41, 5.74) is 0. The van der Waals surface area contributed by atoms with Crippen molar-refractivity contribution in [2.45, 2.75) is 104 Å². The molecule has 0 atom stereocenters. The summed E-state index contributed by atoms with van der Waals surface area (Å²) in [7, 11) is 0. The number of allylic oxidation sites excluding steroid dienone is 1. The molecular formula is C23H45NO2. The molecule has 0 aromatic rings. The fourth-order valence-electron chi connectivity index (χ4n) is 3.04. The van der Waals surface area contributed by atoms with Gasteiger partial charge in [-0.2, -0.15) is 0 Å². The smallest absolute Gasteiger partial charge is 0.305 e. The predicted molar refractivity (Wildman–Crippen MR) is 114 cm³/mol. The van der Waals surface area contributed by atoms with Gasteiger partial charge in [0.05, 0.1) is 6.61 Å². The second-order valence-electron chi connectivity index (χ2n) is 7.33. The Kier molecular flexibility index (Phi) is 19.8. The lowest BCUT2D eigenvalue weighted by Gasteiger charge is -2.20. The maximum absolute atomic E-state index is 11.6. The number of hydrogen-bond acceptors (Lipinski definition) is 3. The van der Waals surface area contributed by atoms with Crippen molar-refractivity contribution in [3.63, 3.8) is 0 Å². The van der Waals surface area contributed by atoms with Gasteiger partial charge in [-0.25, -0.2) is 0 Å². The maximum Gasteiger partial charge on any atom is 0.305 e. The van der Waals surface area contributed by atoms with Crippen LogP contribution in [0.2, 0.25) is 0 Å². The Hall–Kier alpha value is -0.830. The number of unbranched alkanes of at least 4 members (excludes halogenated alkanes) is 8. The van der Waals surface area contributed by atoms with Crippen LogP contribution in [0.4, 0.5) is 0 Å². The van der Waals surface area contributed by atoms with E-state index in [1.165, 1.54) is 44.9 Å². The molecule has 0 saturated carbocycles. The van der Waals surface area contributed by atoms with Crippen molar-refractivity contribution in [1.82, 2.24) is 4.90 Å². The molecule has 0 aliphatic heterocycles. The molecule has 3 nitrogen and oxygen atoms in total. The van der Waals surface area contributed by atoms with Gasteiger partial charge < -0.3 is 4.74 Å². The van der Waals surface area contributed by atoms with Crippen molar-refractivity contribution in [3.05, 3.63) is 12.2 Å². The van der Waals surface area contributed by atoms with Crippen LogP contribution in [-0.4, -0.2) is 37.1 Å². The van der Waals surface area contributed by atoms with Gasteiger partial charge in [0.1, 0.15) is 0 Å². The number of carbonyl (C=O) groups excluding carboxylic acids is 1. The minimum Gasteiger partial charge on any atom is -0.466 e. The number of carbonyl (C=O) groups is 1. The van der Waals surface area contributed by atoms with Gasteiger partial charge in [-0.15, -0.1) is 0 Å². The molecule has 0 amide bonds. The largest absolute Gasteiger partial charge is 0.466 e. The summed E-state index contributed by atoms with van der Waals surface area (Å²) in [6.07, 6.45) is 19.8. The Bertz CT molecular complexity index is 328. The van der Waals surface area contributed by atoms with E-state index in [2.05, 4.69) is 37.8 Å². The summed E-state index contributed by atoms with van der Waals surface area (Å²) in [4.78, 5) is 14.1. The lowest BCUT2D eigenvalue weighted by Crippen LogP contribution is -2.27. The molecule has 0 saturated heterocycles. The summed E-state index contributed by atoms with van der Waals surface area (Å²) in [5, 5.41) is 0. The molecule has 0 spiro atoms. The first-order valence-electron chi connectivity index (χ1n) is 11.3. The zero-order valence-electron chi connectivity index (χ0n) is 17.9. The SMILES string of the molecule is CCC=CCN(CCCCCCCCC)CCCOC(=O)CCCCC. The van der Waals surface area contributed by atoms with Crippen LogP contribution in [0.1, 0.15) is 104 Å². The van der Waals surface area contributed by atoms with Crippen LogP contribution in [0.3, 0.4) is 0 Å². The van der Waals surface area contributed by atoms with Crippen LogP contribution in [-0.2, 0) is 9.53 Å². The number of rotatable bonds is 19. The van der Waals surface area contributed by atoms with E-state index < -0.39 is 0 Å². The molecule has 0 aliphatic carbocycles. The van der Waals surface area contributed by atoms with Crippen molar-refractivity contribution in [2.75, 3.05) is 26.2 Å². The van der Waals surface area contributed by atoms with E-state index >= 15 is 0 Å². The number of nitrogens with zero attached hydrogens (tertiary/aromatic N) is 1. The zero-order chi connectivity index (χ0) is 19.3. The minimum absolute atomic E-state index is 0.0250. The minimum atomic E-state index is -0.0250. The van der Waals surface area contributed by atoms with E-state index in [1.807, 2.05) is 0 Å². The van der Waals surface area contributed by atoms with Crippen molar-refractivity contribution in [3.8, 4) is 0 Å². The summed E-state index contributed by atoms with van der Waals surface area (Å²) >= 11 is 0. The summed E-state index contributed by atoms with van der Waals surface area (Å²) < 4.78 is 5.36. The molecule has 26 heavy (non-hydrogen) atoms. The van der Waals surface area contributed by atoms with E-state index in [0.717, 1.165) is 51.7 Å². The van der Waals surface area contributed by atoms with Gasteiger partial charge >= 0.3 is 5.97 Å². The van der Waals surface area contributed by atoms with Crippen LogP contribution >= 0.6 is 0 Å². The molecule has 0 radical (unpaired) electrons. The Morgan fingerprint density at radius 1 is 0.769 bits per heavy atom. The van der Waals surface area contributed by atoms with E-state index in [4.69, 9.17) is 4.74 Å². The van der Waals surface area contributed by atoms with Crippen molar-refractivity contribution in [1.29, 1.82) is 0 Å². The number of hydrogen-bond donors (Lipinski definition) is 0. The molecule has 0 bridgehead atoms. The zero-order valence-corrected chi connectivity index (χ0v) is 17.9. The molecular weight excluding hydrogens is 322 g/mol. The van der Waals surface area contributed by atoms with Crippen LogP contribution in [0.15, 0.2) is 12.2 Å². The fourth-order valence-corrected chi connectivity index (χ4v) is 3.04. The summed E-state index contributed by atoms with van der Waals surface area (Å²) in [5.74, 6) is -0.0250. The monoisotopic (exact) mass is 367 g/mol. The quantitative estimate of drug-likeness (QED) is 0.148. The van der Waals surface area contributed by atoms with Crippen LogP contribution < -0.4 is 0 Å². The highest BCUT2D eigenvalue weighted by molar-refractivity contribution is 5.69. The van der Waals surface area contributed by atoms with Gasteiger partial charge in [0, 0.05) is 19.5 Å². The van der Waals surface area contributed by atoms with Crippen molar-refractivity contribution in [2.24, 2.45) is 0 Å². The van der Waals surface area contributed by atoms with Crippen LogP contribution in [0.5, 0.6) is 0 Å². The van der Waals surface area contributed by atoms with Gasteiger partial charge in [-0.3, -0.25) is 9.69 Å². The normalized spacial score (nSPS) is 11.5. The van der Waals surface area contributed by atoms with Gasteiger partial charge in [-0.1, -0.05) is 84.3 Å². The number of ether oxygens (including phenoxy) is 1. The maximum atomic E-state index is 11.6. The third-order valence-electron chi connectivity index (χ3n) is 4.71. The Labute approximate surface area is 163 Å². The standard InChI is InChI=1S/C23H45NO2/c1-4-7-10-11-12-13-16-20-24(19-15-9-6-3)21-17-22-26-23(25)18-14-8-5-2/h9,15H,4-8,10-14,16-22H2,1-3H3. The Balaban J connectivity index is 3.85. The second-order valence-corrected chi connectivity index (χ2v) is 7.33. The molecule has 154 valence electrons. The molecule has 0 aliphatic rings. The highest BCUT2D eigenvalue weighted by atomic mass is 16.5. The first-order chi connectivity index (χ1) is 12.7. The highest BCUT2D eigenvalue weighted by Crippen LogP contribution is 2.08. The molecule has 0 fully saturated rings. The van der Waals surface area contributed by atoms with Gasteiger partial charge in [-0.05, 0) is 32.2 Å². The predicted octanol–water partition coefficient (Wildman–Crippen LogP) is 6.52. The van der Waals surface area contributed by atoms with E-state index in [9.17, 15) is 4.79 Å². The highest BCUT2D eigenvalue weighted by Gasteiger charge is 2.05. The Morgan fingerprint density at radius 3 is 2.08 bits per heavy atom. The van der Waals surface area contributed by atoms with E-state index in [-0.39, 0.29) is 5.97 Å². The Morgan fingerprint density at radius 2 is 1.38 bits per heavy atom. The summed E-state index contributed by atoms with van der Waals surface area (Å²) in [6.45, 7) is 10.4. The van der Waals surface area contributed by atoms with Crippen molar-refractivity contribution < 1.29 is 9.53 Å². The van der Waals surface area contributed by atoms with Gasteiger partial charge in [0.25, 0.3) is 0 Å². The molecule has 0 rings (SSSR count). The van der Waals surface area contributed by atoms with E-state index in [0.29, 0.717) is 13.0 Å². The average molecular weight is 368 g/mol. The fraction of sp³-hybridized carbons (Fsp3) is 0.870. The summed E-state index contributed by atoms with van der Waals surface area (Å²) in [6, 6.07) is 0. The first-order valence-corrected chi connectivity index (χ1v) is 11.3. The van der Waals surface area contributed by atoms with Crippen molar-refractivity contribution >= 4 is 5.97 Å². The lowest BCUT2D eigenvalue weighted by molar-refractivity contribution is -0.143. The molecule has 0 unspecified atom stereocenters. The van der Waals surface area contributed by atoms with Gasteiger partial charge in [0.15, 0.2) is 0 Å². The van der Waals surface area contributed by atoms with Gasteiger partial charge in [0.2, 0.25) is 0 Å². The second kappa shape index (κ2) is 20.5. The topological polar surface area (TPSA) is 29.5 Å². The third kappa shape index (κ3) is 18.0. The number of esters is 1. The third-order valence-corrected chi connectivity index (χ3v) is 4.71.